The third kappa shape index (κ3) is 5.16. The van der Waals surface area contributed by atoms with Gasteiger partial charge >= 0.3 is 5.97 Å². The van der Waals surface area contributed by atoms with Gasteiger partial charge in [-0.25, -0.2) is 4.79 Å². The van der Waals surface area contributed by atoms with Crippen LogP contribution in [0.15, 0.2) is 83.1 Å². The zero-order valence-electron chi connectivity index (χ0n) is 15.3. The van der Waals surface area contributed by atoms with Crippen molar-refractivity contribution in [3.05, 3.63) is 89.5 Å². The highest BCUT2D eigenvalue weighted by molar-refractivity contribution is 6.09. The molecular formula is C21H18N4O4. The van der Waals surface area contributed by atoms with Gasteiger partial charge in [0.2, 0.25) is 6.79 Å². The van der Waals surface area contributed by atoms with E-state index in [1.165, 1.54) is 18.2 Å². The van der Waals surface area contributed by atoms with Crippen LogP contribution < -0.4 is 16.3 Å². The number of carbonyl (C=O) groups excluding carboxylic acids is 2. The summed E-state index contributed by atoms with van der Waals surface area (Å²) in [5.41, 5.74) is 7.70. The van der Waals surface area contributed by atoms with Gasteiger partial charge in [0.15, 0.2) is 5.78 Å². The molecule has 0 saturated heterocycles. The van der Waals surface area contributed by atoms with Gasteiger partial charge in [-0.2, -0.15) is 0 Å². The Bertz CT molecular complexity index is 1030. The number of nitrogen functional groups attached to an aromatic ring is 1. The SMILES string of the molecule is NN=Nc1cc(N)cc(C(=O)OCOc2ccc(C(=O)c3ccccc3)cc2)c1. The van der Waals surface area contributed by atoms with Gasteiger partial charge in [0.1, 0.15) is 5.75 Å². The van der Waals surface area contributed by atoms with Crippen molar-refractivity contribution in [3.8, 4) is 5.75 Å². The Hall–Kier alpha value is -4.20. The first-order valence-corrected chi connectivity index (χ1v) is 8.58. The third-order valence-electron chi connectivity index (χ3n) is 3.92. The fraction of sp³-hybridized carbons (Fsp3) is 0.0476. The number of ketones is 1. The van der Waals surface area contributed by atoms with Crippen LogP contribution >= 0.6 is 0 Å². The number of hydrogen-bond donors (Lipinski definition) is 2. The highest BCUT2D eigenvalue weighted by atomic mass is 16.7. The predicted molar refractivity (Wildman–Crippen MR) is 107 cm³/mol. The van der Waals surface area contributed by atoms with E-state index in [2.05, 4.69) is 10.3 Å². The molecule has 0 spiro atoms. The van der Waals surface area contributed by atoms with Crippen molar-refractivity contribution in [2.24, 2.45) is 16.2 Å². The lowest BCUT2D eigenvalue weighted by Gasteiger charge is -2.09. The zero-order chi connectivity index (χ0) is 20.6. The standard InChI is InChI=1S/C21H18N4O4/c22-17-10-16(11-18(12-17)24-25-23)21(27)29-13-28-19-8-6-15(7-9-19)20(26)14-4-2-1-3-5-14/h1-12H,13,22H2,(H2,23,24). The molecule has 3 aromatic carbocycles. The van der Waals surface area contributed by atoms with Gasteiger partial charge < -0.3 is 21.1 Å². The van der Waals surface area contributed by atoms with Crippen LogP contribution in [-0.2, 0) is 4.74 Å². The first-order chi connectivity index (χ1) is 14.1. The lowest BCUT2D eigenvalue weighted by Crippen LogP contribution is -2.11. The molecule has 4 N–H and O–H groups in total. The lowest BCUT2D eigenvalue weighted by atomic mass is 10.0. The Morgan fingerprint density at radius 2 is 1.55 bits per heavy atom. The van der Waals surface area contributed by atoms with E-state index >= 15 is 0 Å². The Labute approximate surface area is 166 Å². The normalized spacial score (nSPS) is 10.6. The van der Waals surface area contributed by atoms with Crippen LogP contribution in [0.5, 0.6) is 5.75 Å². The number of hydrogen-bond acceptors (Lipinski definition) is 7. The molecule has 0 aromatic heterocycles. The Morgan fingerprint density at radius 3 is 2.24 bits per heavy atom. The van der Waals surface area contributed by atoms with E-state index in [1.807, 2.05) is 6.07 Å². The molecule has 8 heteroatoms. The molecular weight excluding hydrogens is 372 g/mol. The number of benzene rings is 3. The zero-order valence-corrected chi connectivity index (χ0v) is 15.3. The first kappa shape index (κ1) is 19.6. The van der Waals surface area contributed by atoms with Gasteiger partial charge in [0.25, 0.3) is 0 Å². The van der Waals surface area contributed by atoms with E-state index in [0.29, 0.717) is 28.3 Å². The average Bonchev–Trinajstić information content (AvgIpc) is 2.74. The molecule has 3 aromatic rings. The van der Waals surface area contributed by atoms with Crippen molar-refractivity contribution in [2.45, 2.75) is 0 Å². The van der Waals surface area contributed by atoms with Crippen LogP contribution in [-0.4, -0.2) is 18.5 Å². The minimum absolute atomic E-state index is 0.0873. The van der Waals surface area contributed by atoms with Crippen molar-refractivity contribution in [3.63, 3.8) is 0 Å². The molecule has 0 aliphatic carbocycles. The molecule has 146 valence electrons. The van der Waals surface area contributed by atoms with Crippen molar-refractivity contribution in [2.75, 3.05) is 12.5 Å². The number of nitrogens with zero attached hydrogens (tertiary/aromatic N) is 2. The summed E-state index contributed by atoms with van der Waals surface area (Å²) in [5, 5.41) is 6.80. The summed E-state index contributed by atoms with van der Waals surface area (Å²) in [7, 11) is 0. The molecule has 0 fully saturated rings. The number of esters is 1. The van der Waals surface area contributed by atoms with Crippen LogP contribution in [0.4, 0.5) is 11.4 Å². The van der Waals surface area contributed by atoms with E-state index in [1.54, 1.807) is 48.5 Å². The summed E-state index contributed by atoms with van der Waals surface area (Å²) in [6.07, 6.45) is 0. The van der Waals surface area contributed by atoms with Crippen molar-refractivity contribution >= 4 is 23.1 Å². The first-order valence-electron chi connectivity index (χ1n) is 8.58. The monoisotopic (exact) mass is 390 g/mol. The van der Waals surface area contributed by atoms with Gasteiger partial charge in [0.05, 0.1) is 11.3 Å². The van der Waals surface area contributed by atoms with Crippen molar-refractivity contribution in [1.29, 1.82) is 0 Å². The van der Waals surface area contributed by atoms with Gasteiger partial charge in [-0.1, -0.05) is 35.6 Å². The number of carbonyl (C=O) groups is 2. The van der Waals surface area contributed by atoms with E-state index < -0.39 is 5.97 Å². The fourth-order valence-electron chi connectivity index (χ4n) is 2.57. The smallest absolute Gasteiger partial charge is 0.341 e. The van der Waals surface area contributed by atoms with Gasteiger partial charge in [-0.3, -0.25) is 4.79 Å². The molecule has 0 saturated carbocycles. The quantitative estimate of drug-likeness (QED) is 0.120. The van der Waals surface area contributed by atoms with E-state index in [-0.39, 0.29) is 18.1 Å². The van der Waals surface area contributed by atoms with Crippen LogP contribution in [0.1, 0.15) is 26.3 Å². The number of ether oxygens (including phenoxy) is 2. The number of anilines is 1. The van der Waals surface area contributed by atoms with E-state index in [0.717, 1.165) is 0 Å². The van der Waals surface area contributed by atoms with E-state index in [4.69, 9.17) is 21.1 Å². The largest absolute Gasteiger partial charge is 0.457 e. The highest BCUT2D eigenvalue weighted by Crippen LogP contribution is 2.20. The van der Waals surface area contributed by atoms with Gasteiger partial charge in [0, 0.05) is 16.8 Å². The molecule has 0 aliphatic heterocycles. The van der Waals surface area contributed by atoms with Gasteiger partial charge in [-0.05, 0) is 42.5 Å². The van der Waals surface area contributed by atoms with Crippen molar-refractivity contribution < 1.29 is 19.1 Å². The number of nitrogens with two attached hydrogens (primary N) is 2. The maximum atomic E-state index is 12.4. The average molecular weight is 390 g/mol. The topological polar surface area (TPSA) is 129 Å². The summed E-state index contributed by atoms with van der Waals surface area (Å²) >= 11 is 0. The van der Waals surface area contributed by atoms with Crippen LogP contribution in [0.3, 0.4) is 0 Å². The molecule has 0 amide bonds. The second-order valence-electron chi connectivity index (χ2n) is 5.94. The fourth-order valence-corrected chi connectivity index (χ4v) is 2.57. The molecule has 0 radical (unpaired) electrons. The Balaban J connectivity index is 1.57. The molecule has 0 unspecified atom stereocenters. The Morgan fingerprint density at radius 1 is 0.862 bits per heavy atom. The maximum absolute atomic E-state index is 12.4. The minimum atomic E-state index is -0.637. The molecule has 29 heavy (non-hydrogen) atoms. The van der Waals surface area contributed by atoms with Gasteiger partial charge in [-0.15, -0.1) is 5.11 Å². The van der Waals surface area contributed by atoms with Crippen LogP contribution in [0.2, 0.25) is 0 Å². The molecule has 0 atom stereocenters. The lowest BCUT2D eigenvalue weighted by molar-refractivity contribution is 0.0154. The van der Waals surface area contributed by atoms with E-state index in [9.17, 15) is 9.59 Å². The highest BCUT2D eigenvalue weighted by Gasteiger charge is 2.11. The maximum Gasteiger partial charge on any atom is 0.341 e. The number of rotatable bonds is 7. The minimum Gasteiger partial charge on any atom is -0.457 e. The van der Waals surface area contributed by atoms with Crippen LogP contribution in [0, 0.1) is 0 Å². The summed E-state index contributed by atoms with van der Waals surface area (Å²) in [5.74, 6) is 4.73. The molecule has 0 heterocycles. The summed E-state index contributed by atoms with van der Waals surface area (Å²) in [4.78, 5) is 24.5. The molecule has 0 aliphatic rings. The van der Waals surface area contributed by atoms with Crippen LogP contribution in [0.25, 0.3) is 0 Å². The summed E-state index contributed by atoms with van der Waals surface area (Å²) in [6.45, 7) is -0.312. The summed E-state index contributed by atoms with van der Waals surface area (Å²) in [6, 6.07) is 19.9. The third-order valence-corrected chi connectivity index (χ3v) is 3.92. The second kappa shape index (κ2) is 9.14. The predicted octanol–water partition coefficient (Wildman–Crippen LogP) is 3.65. The Kier molecular flexibility index (Phi) is 6.16. The molecule has 0 bridgehead atoms. The van der Waals surface area contributed by atoms with Crippen molar-refractivity contribution in [1.82, 2.24) is 0 Å². The summed E-state index contributed by atoms with van der Waals surface area (Å²) < 4.78 is 10.5. The molecule has 8 nitrogen and oxygen atoms in total. The second-order valence-corrected chi connectivity index (χ2v) is 5.94. The molecule has 3 rings (SSSR count).